The van der Waals surface area contributed by atoms with Crippen molar-refractivity contribution in [3.8, 4) is 0 Å². The van der Waals surface area contributed by atoms with E-state index in [1.165, 1.54) is 36.4 Å². The zero-order valence-corrected chi connectivity index (χ0v) is 17.0. The van der Waals surface area contributed by atoms with Crippen LogP contribution in [0, 0.1) is 13.8 Å². The van der Waals surface area contributed by atoms with Crippen molar-refractivity contribution in [3.63, 3.8) is 0 Å². The van der Waals surface area contributed by atoms with Crippen molar-refractivity contribution in [2.45, 2.75) is 23.6 Å². The van der Waals surface area contributed by atoms with Crippen molar-refractivity contribution in [1.82, 2.24) is 0 Å². The molecule has 0 radical (unpaired) electrons. The van der Waals surface area contributed by atoms with Gasteiger partial charge in [-0.25, -0.2) is 16.8 Å². The molecule has 3 rings (SSSR count). The second kappa shape index (κ2) is 7.65. The molecule has 3 aromatic rings. The van der Waals surface area contributed by atoms with Gasteiger partial charge in [0.25, 0.3) is 20.0 Å². The molecule has 0 aliphatic heterocycles. The summed E-state index contributed by atoms with van der Waals surface area (Å²) in [4.78, 5) is 0.168. The van der Waals surface area contributed by atoms with Gasteiger partial charge < -0.3 is 0 Å². The molecule has 0 unspecified atom stereocenters. The molecule has 0 spiro atoms. The molecule has 2 N–H and O–H groups in total. The number of sulfonamides is 2. The first-order chi connectivity index (χ1) is 13.2. The van der Waals surface area contributed by atoms with Crippen LogP contribution >= 0.6 is 0 Å². The lowest BCUT2D eigenvalue weighted by molar-refractivity contribution is 0.600. The molecule has 0 amide bonds. The largest absolute Gasteiger partial charge is 0.280 e. The van der Waals surface area contributed by atoms with Gasteiger partial charge >= 0.3 is 0 Å². The van der Waals surface area contributed by atoms with Gasteiger partial charge in [0.2, 0.25) is 0 Å². The van der Waals surface area contributed by atoms with Crippen molar-refractivity contribution in [1.29, 1.82) is 0 Å². The molecule has 8 heteroatoms. The van der Waals surface area contributed by atoms with E-state index in [9.17, 15) is 16.8 Å². The summed E-state index contributed by atoms with van der Waals surface area (Å²) < 4.78 is 55.1. The van der Waals surface area contributed by atoms with Crippen LogP contribution in [-0.4, -0.2) is 16.8 Å². The average Bonchev–Trinajstić information content (AvgIpc) is 2.66. The molecule has 0 saturated carbocycles. The van der Waals surface area contributed by atoms with Gasteiger partial charge in [0.05, 0.1) is 15.5 Å². The minimum absolute atomic E-state index is 0.0396. The van der Waals surface area contributed by atoms with Crippen molar-refractivity contribution in [2.75, 3.05) is 9.44 Å². The lowest BCUT2D eigenvalue weighted by Gasteiger charge is -2.14. The highest BCUT2D eigenvalue weighted by molar-refractivity contribution is 7.93. The summed E-state index contributed by atoms with van der Waals surface area (Å²) in [5, 5.41) is 0. The van der Waals surface area contributed by atoms with Crippen LogP contribution in [0.1, 0.15) is 11.1 Å². The summed E-state index contributed by atoms with van der Waals surface area (Å²) in [6, 6.07) is 19.0. The molecule has 28 heavy (non-hydrogen) atoms. The van der Waals surface area contributed by atoms with Gasteiger partial charge in [-0.15, -0.1) is 0 Å². The SMILES string of the molecule is Cc1cccc(C)c1NS(=O)(=O)c1ccc(NS(=O)(=O)c2ccccc2)cc1. The Morgan fingerprint density at radius 1 is 0.571 bits per heavy atom. The summed E-state index contributed by atoms with van der Waals surface area (Å²) in [5.74, 6) is 0. The first-order valence-corrected chi connectivity index (χ1v) is 11.4. The van der Waals surface area contributed by atoms with Gasteiger partial charge in [-0.3, -0.25) is 9.44 Å². The molecule has 0 saturated heterocycles. The number of hydrogen-bond donors (Lipinski definition) is 2. The number of benzene rings is 3. The van der Waals surface area contributed by atoms with E-state index in [0.717, 1.165) is 11.1 Å². The van der Waals surface area contributed by atoms with Crippen molar-refractivity contribution in [3.05, 3.63) is 83.9 Å². The molecule has 0 aliphatic rings. The fourth-order valence-corrected chi connectivity index (χ4v) is 4.97. The van der Waals surface area contributed by atoms with Gasteiger partial charge in [0.15, 0.2) is 0 Å². The molecule has 0 aliphatic carbocycles. The zero-order chi connectivity index (χ0) is 20.4. The third-order valence-electron chi connectivity index (χ3n) is 4.19. The van der Waals surface area contributed by atoms with Crippen LogP contribution in [0.15, 0.2) is 82.6 Å². The van der Waals surface area contributed by atoms with E-state index in [4.69, 9.17) is 0 Å². The third-order valence-corrected chi connectivity index (χ3v) is 6.95. The lowest BCUT2D eigenvalue weighted by Crippen LogP contribution is -2.15. The predicted molar refractivity (Wildman–Crippen MR) is 110 cm³/mol. The van der Waals surface area contributed by atoms with E-state index in [1.807, 2.05) is 32.0 Å². The molecular formula is C20H20N2O4S2. The fraction of sp³-hybridized carbons (Fsp3) is 0.100. The van der Waals surface area contributed by atoms with Gasteiger partial charge in [0.1, 0.15) is 0 Å². The molecule has 146 valence electrons. The van der Waals surface area contributed by atoms with Crippen LogP contribution in [0.2, 0.25) is 0 Å². The average molecular weight is 417 g/mol. The molecule has 0 atom stereocenters. The van der Waals surface area contributed by atoms with Gasteiger partial charge in [0, 0.05) is 5.69 Å². The maximum Gasteiger partial charge on any atom is 0.261 e. The van der Waals surface area contributed by atoms with Crippen molar-refractivity contribution < 1.29 is 16.8 Å². The van der Waals surface area contributed by atoms with Crippen LogP contribution in [0.3, 0.4) is 0 Å². The number of anilines is 2. The monoisotopic (exact) mass is 416 g/mol. The smallest absolute Gasteiger partial charge is 0.261 e. The highest BCUT2D eigenvalue weighted by Gasteiger charge is 2.18. The molecule has 6 nitrogen and oxygen atoms in total. The Labute approximate surface area is 165 Å². The van der Waals surface area contributed by atoms with E-state index in [-0.39, 0.29) is 15.5 Å². The van der Waals surface area contributed by atoms with E-state index in [0.29, 0.717) is 5.69 Å². The Morgan fingerprint density at radius 3 is 1.64 bits per heavy atom. The van der Waals surface area contributed by atoms with Gasteiger partial charge in [-0.1, -0.05) is 36.4 Å². The summed E-state index contributed by atoms with van der Waals surface area (Å²) >= 11 is 0. The lowest BCUT2D eigenvalue weighted by atomic mass is 10.1. The maximum atomic E-state index is 12.7. The highest BCUT2D eigenvalue weighted by Crippen LogP contribution is 2.24. The van der Waals surface area contributed by atoms with Crippen molar-refractivity contribution in [2.24, 2.45) is 0 Å². The number of para-hydroxylation sites is 1. The van der Waals surface area contributed by atoms with E-state index >= 15 is 0 Å². The van der Waals surface area contributed by atoms with Crippen LogP contribution in [0.25, 0.3) is 0 Å². The zero-order valence-electron chi connectivity index (χ0n) is 15.4. The minimum atomic E-state index is -3.80. The summed E-state index contributed by atoms with van der Waals surface area (Å²) in [6.07, 6.45) is 0. The Kier molecular flexibility index (Phi) is 5.44. The summed E-state index contributed by atoms with van der Waals surface area (Å²) in [7, 11) is -7.53. The Bertz CT molecular complexity index is 1170. The second-order valence-corrected chi connectivity index (χ2v) is 9.68. The van der Waals surface area contributed by atoms with Crippen LogP contribution in [0.4, 0.5) is 11.4 Å². The number of nitrogens with one attached hydrogen (secondary N) is 2. The predicted octanol–water partition coefficient (Wildman–Crippen LogP) is 3.91. The quantitative estimate of drug-likeness (QED) is 0.637. The maximum absolute atomic E-state index is 12.7. The van der Waals surface area contributed by atoms with Crippen LogP contribution in [0.5, 0.6) is 0 Å². The van der Waals surface area contributed by atoms with E-state index in [1.54, 1.807) is 18.2 Å². The van der Waals surface area contributed by atoms with E-state index < -0.39 is 20.0 Å². The first kappa shape index (κ1) is 19.9. The molecule has 0 aromatic heterocycles. The Morgan fingerprint density at radius 2 is 1.07 bits per heavy atom. The normalized spacial score (nSPS) is 11.8. The Balaban J connectivity index is 1.82. The van der Waals surface area contributed by atoms with Gasteiger partial charge in [-0.2, -0.15) is 0 Å². The van der Waals surface area contributed by atoms with E-state index in [2.05, 4.69) is 9.44 Å². The molecule has 0 fully saturated rings. The van der Waals surface area contributed by atoms with Crippen molar-refractivity contribution >= 4 is 31.4 Å². The Hall–Kier alpha value is -2.84. The molecule has 3 aromatic carbocycles. The standard InChI is InChI=1S/C20H20N2O4S2/c1-15-7-6-8-16(2)20(15)22-28(25,26)19-13-11-17(12-14-19)21-27(23,24)18-9-4-3-5-10-18/h3-14,21-22H,1-2H3. The number of aryl methyl sites for hydroxylation is 2. The number of rotatable bonds is 6. The molecular weight excluding hydrogens is 396 g/mol. The van der Waals surface area contributed by atoms with Crippen LogP contribution < -0.4 is 9.44 Å². The first-order valence-electron chi connectivity index (χ1n) is 8.46. The second-order valence-electron chi connectivity index (χ2n) is 6.32. The molecule has 0 bridgehead atoms. The van der Waals surface area contributed by atoms with Gasteiger partial charge in [-0.05, 0) is 61.4 Å². The van der Waals surface area contributed by atoms with Crippen LogP contribution in [-0.2, 0) is 20.0 Å². The highest BCUT2D eigenvalue weighted by atomic mass is 32.2. The number of hydrogen-bond acceptors (Lipinski definition) is 4. The topological polar surface area (TPSA) is 92.3 Å². The minimum Gasteiger partial charge on any atom is -0.280 e. The fourth-order valence-electron chi connectivity index (χ4n) is 2.68. The molecule has 0 heterocycles. The summed E-state index contributed by atoms with van der Waals surface area (Å²) in [5.41, 5.74) is 2.44. The third kappa shape index (κ3) is 4.35. The summed E-state index contributed by atoms with van der Waals surface area (Å²) in [6.45, 7) is 3.65.